The van der Waals surface area contributed by atoms with Gasteiger partial charge in [-0.1, -0.05) is 6.92 Å². The molecule has 2 N–H and O–H groups in total. The molecule has 19 heavy (non-hydrogen) atoms. The molecule has 2 fully saturated rings. The van der Waals surface area contributed by atoms with E-state index in [1.807, 2.05) is 0 Å². The van der Waals surface area contributed by atoms with Gasteiger partial charge >= 0.3 is 0 Å². The Balaban J connectivity index is 1.80. The first-order chi connectivity index (χ1) is 9.26. The van der Waals surface area contributed by atoms with Crippen LogP contribution in [0.5, 0.6) is 0 Å². The molecular formula is C13H22N6. The molecular weight excluding hydrogens is 240 g/mol. The van der Waals surface area contributed by atoms with Crippen LogP contribution in [0.15, 0.2) is 0 Å². The first-order valence-electron chi connectivity index (χ1n) is 7.27. The lowest BCUT2D eigenvalue weighted by molar-refractivity contribution is 0.864. The molecule has 1 aromatic heterocycles. The summed E-state index contributed by atoms with van der Waals surface area (Å²) in [5.41, 5.74) is 0. The molecule has 1 aliphatic heterocycles. The van der Waals surface area contributed by atoms with Gasteiger partial charge in [-0.15, -0.1) is 0 Å². The van der Waals surface area contributed by atoms with Crippen molar-refractivity contribution < 1.29 is 0 Å². The lowest BCUT2D eigenvalue weighted by Gasteiger charge is -2.17. The van der Waals surface area contributed by atoms with E-state index in [1.54, 1.807) is 0 Å². The van der Waals surface area contributed by atoms with E-state index in [0.717, 1.165) is 31.5 Å². The maximum Gasteiger partial charge on any atom is 0.231 e. The number of hydrogen-bond acceptors (Lipinski definition) is 6. The lowest BCUT2D eigenvalue weighted by atomic mass is 10.4. The number of hydrogen-bond donors (Lipinski definition) is 2. The minimum absolute atomic E-state index is 0.531. The summed E-state index contributed by atoms with van der Waals surface area (Å²) in [5, 5.41) is 6.59. The summed E-state index contributed by atoms with van der Waals surface area (Å²) in [6.07, 6.45) is 3.66. The molecule has 1 aliphatic carbocycles. The van der Waals surface area contributed by atoms with Crippen molar-refractivity contribution in [2.75, 3.05) is 35.2 Å². The van der Waals surface area contributed by atoms with Gasteiger partial charge in [0.05, 0.1) is 0 Å². The molecule has 0 radical (unpaired) electrons. The van der Waals surface area contributed by atoms with Crippen LogP contribution in [-0.2, 0) is 0 Å². The molecule has 1 aromatic rings. The van der Waals surface area contributed by atoms with E-state index in [0.29, 0.717) is 17.9 Å². The summed E-state index contributed by atoms with van der Waals surface area (Å²) in [4.78, 5) is 15.7. The summed E-state index contributed by atoms with van der Waals surface area (Å²) in [6.45, 7) is 7.22. The van der Waals surface area contributed by atoms with Gasteiger partial charge in [0.2, 0.25) is 17.8 Å². The fourth-order valence-corrected chi connectivity index (χ4v) is 2.41. The molecule has 1 saturated heterocycles. The van der Waals surface area contributed by atoms with E-state index < -0.39 is 0 Å². The van der Waals surface area contributed by atoms with Gasteiger partial charge < -0.3 is 15.5 Å². The fraction of sp³-hybridized carbons (Fsp3) is 0.769. The highest BCUT2D eigenvalue weighted by Crippen LogP contribution is 2.32. The first kappa shape index (κ1) is 12.4. The van der Waals surface area contributed by atoms with Gasteiger partial charge in [0.1, 0.15) is 0 Å². The topological polar surface area (TPSA) is 66.0 Å². The smallest absolute Gasteiger partial charge is 0.231 e. The van der Waals surface area contributed by atoms with Crippen LogP contribution in [0.3, 0.4) is 0 Å². The molecule has 6 nitrogen and oxygen atoms in total. The predicted octanol–water partition coefficient (Wildman–Crippen LogP) is 1.72. The second-order valence-electron chi connectivity index (χ2n) is 5.47. The summed E-state index contributed by atoms with van der Waals surface area (Å²) in [5.74, 6) is 2.92. The van der Waals surface area contributed by atoms with E-state index in [1.165, 1.54) is 19.3 Å². The van der Waals surface area contributed by atoms with Gasteiger partial charge in [-0.2, -0.15) is 15.0 Å². The minimum Gasteiger partial charge on any atom is -0.354 e. The van der Waals surface area contributed by atoms with Crippen molar-refractivity contribution in [2.24, 2.45) is 5.92 Å². The van der Waals surface area contributed by atoms with E-state index in [9.17, 15) is 0 Å². The number of nitrogens with zero attached hydrogens (tertiary/aromatic N) is 4. The van der Waals surface area contributed by atoms with Crippen LogP contribution in [0.2, 0.25) is 0 Å². The minimum atomic E-state index is 0.531. The Morgan fingerprint density at radius 2 is 1.84 bits per heavy atom. The Morgan fingerprint density at radius 1 is 1.16 bits per heavy atom. The normalized spacial score (nSPS) is 25.5. The Kier molecular flexibility index (Phi) is 3.40. The Bertz CT molecular complexity index is 443. The van der Waals surface area contributed by atoms with E-state index in [4.69, 9.17) is 0 Å². The molecule has 2 atom stereocenters. The van der Waals surface area contributed by atoms with Gasteiger partial charge in [-0.25, -0.2) is 0 Å². The van der Waals surface area contributed by atoms with E-state index in [2.05, 4.69) is 44.3 Å². The molecule has 3 rings (SSSR count). The molecule has 104 valence electrons. The maximum absolute atomic E-state index is 4.56. The zero-order valence-electron chi connectivity index (χ0n) is 11.7. The van der Waals surface area contributed by atoms with Gasteiger partial charge in [0, 0.05) is 25.7 Å². The largest absolute Gasteiger partial charge is 0.354 e. The first-order valence-corrected chi connectivity index (χ1v) is 7.27. The SMILES string of the molecule is CCNc1nc(NC2CC2C)nc(N2CCCC2)n1. The number of anilines is 3. The third kappa shape index (κ3) is 2.88. The van der Waals surface area contributed by atoms with Crippen molar-refractivity contribution in [1.29, 1.82) is 0 Å². The molecule has 0 bridgehead atoms. The lowest BCUT2D eigenvalue weighted by Crippen LogP contribution is -2.22. The molecule has 6 heteroatoms. The summed E-state index contributed by atoms with van der Waals surface area (Å²) in [6, 6.07) is 0.531. The zero-order chi connectivity index (χ0) is 13.2. The average Bonchev–Trinajstić information content (AvgIpc) is 2.90. The van der Waals surface area contributed by atoms with Gasteiger partial charge in [0.15, 0.2) is 0 Å². The van der Waals surface area contributed by atoms with Crippen LogP contribution in [0.25, 0.3) is 0 Å². The van der Waals surface area contributed by atoms with Crippen LogP contribution in [-0.4, -0.2) is 40.6 Å². The Labute approximate surface area is 114 Å². The van der Waals surface area contributed by atoms with Gasteiger partial charge in [-0.3, -0.25) is 0 Å². The standard InChI is InChI=1S/C13H22N6/c1-3-14-11-16-12(15-10-8-9(10)2)18-13(17-11)19-6-4-5-7-19/h9-10H,3-8H2,1-2H3,(H2,14,15,16,17,18). The van der Waals surface area contributed by atoms with Crippen molar-refractivity contribution in [1.82, 2.24) is 15.0 Å². The van der Waals surface area contributed by atoms with Crippen LogP contribution in [0.1, 0.15) is 33.1 Å². The number of rotatable bonds is 5. The second-order valence-corrected chi connectivity index (χ2v) is 5.47. The summed E-state index contributed by atoms with van der Waals surface area (Å²) >= 11 is 0. The maximum atomic E-state index is 4.56. The fourth-order valence-electron chi connectivity index (χ4n) is 2.41. The summed E-state index contributed by atoms with van der Waals surface area (Å²) < 4.78 is 0. The van der Waals surface area contributed by atoms with E-state index >= 15 is 0 Å². The molecule has 2 heterocycles. The molecule has 2 aliphatic rings. The molecule has 2 unspecified atom stereocenters. The third-order valence-corrected chi connectivity index (χ3v) is 3.77. The van der Waals surface area contributed by atoms with E-state index in [-0.39, 0.29) is 0 Å². The predicted molar refractivity (Wildman–Crippen MR) is 76.6 cm³/mol. The van der Waals surface area contributed by atoms with Crippen molar-refractivity contribution in [2.45, 2.75) is 39.2 Å². The van der Waals surface area contributed by atoms with Crippen molar-refractivity contribution in [3.63, 3.8) is 0 Å². The molecule has 0 amide bonds. The third-order valence-electron chi connectivity index (χ3n) is 3.77. The average molecular weight is 262 g/mol. The van der Waals surface area contributed by atoms with Crippen LogP contribution < -0.4 is 15.5 Å². The van der Waals surface area contributed by atoms with Crippen LogP contribution in [0, 0.1) is 5.92 Å². The highest BCUT2D eigenvalue weighted by Gasteiger charge is 2.33. The second kappa shape index (κ2) is 5.19. The van der Waals surface area contributed by atoms with Crippen molar-refractivity contribution in [3.05, 3.63) is 0 Å². The zero-order valence-corrected chi connectivity index (χ0v) is 11.7. The highest BCUT2D eigenvalue weighted by atomic mass is 15.3. The monoisotopic (exact) mass is 262 g/mol. The number of aromatic nitrogens is 3. The Morgan fingerprint density at radius 3 is 2.47 bits per heavy atom. The summed E-state index contributed by atoms with van der Waals surface area (Å²) in [7, 11) is 0. The number of nitrogens with one attached hydrogen (secondary N) is 2. The van der Waals surface area contributed by atoms with Gasteiger partial charge in [-0.05, 0) is 32.1 Å². The quantitative estimate of drug-likeness (QED) is 0.842. The van der Waals surface area contributed by atoms with Crippen LogP contribution >= 0.6 is 0 Å². The molecule has 0 aromatic carbocycles. The van der Waals surface area contributed by atoms with Crippen molar-refractivity contribution >= 4 is 17.8 Å². The van der Waals surface area contributed by atoms with Crippen molar-refractivity contribution in [3.8, 4) is 0 Å². The highest BCUT2D eigenvalue weighted by molar-refractivity contribution is 5.45. The Hall–Kier alpha value is -1.59. The molecule has 0 spiro atoms. The molecule has 1 saturated carbocycles. The van der Waals surface area contributed by atoms with Gasteiger partial charge in [0.25, 0.3) is 0 Å². The van der Waals surface area contributed by atoms with Crippen LogP contribution in [0.4, 0.5) is 17.8 Å².